The molecule has 0 unspecified atom stereocenters. The van der Waals surface area contributed by atoms with Crippen molar-refractivity contribution in [2.24, 2.45) is 11.8 Å². The van der Waals surface area contributed by atoms with Crippen molar-refractivity contribution >= 4 is 23.0 Å². The molecule has 2 aliphatic rings. The van der Waals surface area contributed by atoms with Crippen molar-refractivity contribution in [2.45, 2.75) is 82.4 Å². The van der Waals surface area contributed by atoms with Crippen LogP contribution in [0.2, 0.25) is 5.02 Å². The first-order chi connectivity index (χ1) is 21.1. The lowest BCUT2D eigenvalue weighted by molar-refractivity contribution is -0.274. The maximum atomic E-state index is 12.4. The average molecular weight is 627 g/mol. The summed E-state index contributed by atoms with van der Waals surface area (Å²) in [5.74, 6) is 2.64. The minimum Gasteiger partial charge on any atom is -0.492 e. The van der Waals surface area contributed by atoms with Gasteiger partial charge in [0.25, 0.3) is 0 Å². The third-order valence-corrected chi connectivity index (χ3v) is 9.60. The van der Waals surface area contributed by atoms with Crippen LogP contribution in [0.15, 0.2) is 72.8 Å². The van der Waals surface area contributed by atoms with Crippen molar-refractivity contribution < 1.29 is 22.6 Å². The number of hydrogen-bond donors (Lipinski definition) is 2. The van der Waals surface area contributed by atoms with Gasteiger partial charge in [0.1, 0.15) is 16.5 Å². The van der Waals surface area contributed by atoms with Crippen LogP contribution in [0, 0.1) is 11.8 Å². The highest BCUT2D eigenvalue weighted by atomic mass is 35.5. The number of aryl methyl sites for hydroxylation is 1. The van der Waals surface area contributed by atoms with Crippen molar-refractivity contribution in [1.82, 2.24) is 0 Å². The van der Waals surface area contributed by atoms with Gasteiger partial charge in [0.2, 0.25) is 0 Å². The molecule has 2 aliphatic carbocycles. The van der Waals surface area contributed by atoms with Crippen LogP contribution in [0.5, 0.6) is 11.5 Å². The average Bonchev–Trinajstić information content (AvgIpc) is 3.01. The quantitative estimate of drug-likeness (QED) is 0.133. The lowest BCUT2D eigenvalue weighted by atomic mass is 9.76. The van der Waals surface area contributed by atoms with Crippen molar-refractivity contribution in [3.8, 4) is 11.5 Å². The van der Waals surface area contributed by atoms with Gasteiger partial charge in [0.15, 0.2) is 0 Å². The summed E-state index contributed by atoms with van der Waals surface area (Å²) in [5.41, 5.74) is 16.5. The summed E-state index contributed by atoms with van der Waals surface area (Å²) in [7, 11) is 0. The van der Waals surface area contributed by atoms with Crippen LogP contribution in [0.3, 0.4) is 0 Å². The molecule has 2 fully saturated rings. The van der Waals surface area contributed by atoms with Crippen LogP contribution < -0.4 is 20.9 Å². The molecule has 2 saturated carbocycles. The number of halogens is 4. The van der Waals surface area contributed by atoms with E-state index in [1.54, 1.807) is 24.3 Å². The molecule has 4 N–H and O–H groups in total. The predicted molar refractivity (Wildman–Crippen MR) is 172 cm³/mol. The molecule has 4 nitrogen and oxygen atoms in total. The van der Waals surface area contributed by atoms with Gasteiger partial charge in [0.05, 0.1) is 12.3 Å². The van der Waals surface area contributed by atoms with Crippen LogP contribution in [-0.2, 0) is 6.42 Å². The molecule has 0 bridgehead atoms. The molecule has 0 aliphatic heterocycles. The third-order valence-electron chi connectivity index (χ3n) is 9.19. The largest absolute Gasteiger partial charge is 0.573 e. The van der Waals surface area contributed by atoms with Gasteiger partial charge in [-0.05, 0) is 123 Å². The van der Waals surface area contributed by atoms with E-state index in [9.17, 15) is 13.2 Å². The fraction of sp³-hybridized carbons (Fsp3) is 0.444. The second kappa shape index (κ2) is 14.6. The van der Waals surface area contributed by atoms with Crippen LogP contribution >= 0.6 is 11.6 Å². The molecule has 0 spiro atoms. The monoisotopic (exact) mass is 626 g/mol. The van der Waals surface area contributed by atoms with Gasteiger partial charge < -0.3 is 20.9 Å². The Morgan fingerprint density at radius 1 is 0.750 bits per heavy atom. The van der Waals surface area contributed by atoms with Crippen molar-refractivity contribution in [1.29, 1.82) is 0 Å². The van der Waals surface area contributed by atoms with Gasteiger partial charge in [-0.2, -0.15) is 0 Å². The highest BCUT2D eigenvalue weighted by Gasteiger charge is 2.31. The molecule has 0 aromatic heterocycles. The highest BCUT2D eigenvalue weighted by molar-refractivity contribution is 6.34. The van der Waals surface area contributed by atoms with E-state index >= 15 is 0 Å². The van der Waals surface area contributed by atoms with E-state index < -0.39 is 6.36 Å². The lowest BCUT2D eigenvalue weighted by Gasteiger charge is -2.29. The fourth-order valence-electron chi connectivity index (χ4n) is 6.71. The maximum absolute atomic E-state index is 12.4. The summed E-state index contributed by atoms with van der Waals surface area (Å²) in [4.78, 5) is 0. The number of benzene rings is 3. The molecule has 236 valence electrons. The van der Waals surface area contributed by atoms with E-state index in [-0.39, 0.29) is 5.75 Å². The van der Waals surface area contributed by atoms with E-state index in [4.69, 9.17) is 27.8 Å². The topological polar surface area (TPSA) is 70.5 Å². The summed E-state index contributed by atoms with van der Waals surface area (Å²) >= 11 is 6.22. The van der Waals surface area contributed by atoms with Crippen LogP contribution in [0.25, 0.3) is 0 Å². The zero-order valence-corrected chi connectivity index (χ0v) is 25.8. The summed E-state index contributed by atoms with van der Waals surface area (Å²) in [5, 5.41) is 0.407. The Kier molecular flexibility index (Phi) is 10.7. The van der Waals surface area contributed by atoms with Gasteiger partial charge in [-0.25, -0.2) is 0 Å². The molecule has 3 aromatic rings. The number of nitrogen functional groups attached to an aromatic ring is 2. The number of ether oxygens (including phenoxy) is 2. The summed E-state index contributed by atoms with van der Waals surface area (Å²) in [6.07, 6.45) is 11.3. The van der Waals surface area contributed by atoms with Gasteiger partial charge >= 0.3 is 6.36 Å². The predicted octanol–water partition coefficient (Wildman–Crippen LogP) is 10.2. The summed E-state index contributed by atoms with van der Waals surface area (Å²) < 4.78 is 47.1. The molecule has 8 heteroatoms. The molecule has 0 saturated heterocycles. The third kappa shape index (κ3) is 9.10. The molecule has 0 atom stereocenters. The first-order valence-corrected chi connectivity index (χ1v) is 16.1. The molecule has 44 heavy (non-hydrogen) atoms. The molecule has 5 rings (SSSR count). The number of anilines is 2. The van der Waals surface area contributed by atoms with Crippen molar-refractivity contribution in [3.63, 3.8) is 0 Å². The summed E-state index contributed by atoms with van der Waals surface area (Å²) in [6, 6.07) is 18.8. The molecule has 0 heterocycles. The van der Waals surface area contributed by atoms with Gasteiger partial charge in [0, 0.05) is 11.8 Å². The molecular weight excluding hydrogens is 585 g/mol. The smallest absolute Gasteiger partial charge is 0.492 e. The first-order valence-electron chi connectivity index (χ1n) is 15.7. The standard InChI is InChI=1S/C36H42ClF3N2O2/c37-35-33(42)22-31(41)23-34(35)43-21-1-2-24-5-11-27(12-6-24)28-13-7-25(8-14-28)3-4-26-9-15-29(16-10-26)30-17-19-32(20-18-30)44-36(38,39)40/h3-6,11-12,17-20,22-23,25-26,28-29H,1-2,7-10,13-16,21,41-42H2/b4-3+. The number of alkyl halides is 3. The Labute approximate surface area is 263 Å². The Morgan fingerprint density at radius 3 is 1.80 bits per heavy atom. The Balaban J connectivity index is 0.996. The zero-order chi connectivity index (χ0) is 31.1. The second-order valence-corrected chi connectivity index (χ2v) is 12.7. The fourth-order valence-corrected chi connectivity index (χ4v) is 6.87. The Bertz CT molecular complexity index is 1380. The van der Waals surface area contributed by atoms with Crippen LogP contribution in [-0.4, -0.2) is 13.0 Å². The highest BCUT2D eigenvalue weighted by Crippen LogP contribution is 2.40. The van der Waals surface area contributed by atoms with E-state index in [1.807, 2.05) is 0 Å². The van der Waals surface area contributed by atoms with Gasteiger partial charge in [-0.3, -0.25) is 0 Å². The van der Waals surface area contributed by atoms with E-state index in [1.165, 1.54) is 48.9 Å². The van der Waals surface area contributed by atoms with Crippen LogP contribution in [0.4, 0.5) is 24.5 Å². The van der Waals surface area contributed by atoms with Crippen molar-refractivity contribution in [3.05, 3.63) is 94.5 Å². The van der Waals surface area contributed by atoms with E-state index in [0.717, 1.165) is 44.1 Å². The van der Waals surface area contributed by atoms with Crippen LogP contribution in [0.1, 0.15) is 86.3 Å². The lowest BCUT2D eigenvalue weighted by Crippen LogP contribution is -2.17. The number of hydrogen-bond acceptors (Lipinski definition) is 4. The van der Waals surface area contributed by atoms with E-state index in [2.05, 4.69) is 41.2 Å². The molecule has 0 radical (unpaired) electrons. The van der Waals surface area contributed by atoms with E-state index in [0.29, 0.717) is 52.4 Å². The normalized spacial score (nSPS) is 22.6. The number of nitrogens with two attached hydrogens (primary N) is 2. The van der Waals surface area contributed by atoms with Gasteiger partial charge in [-0.15, -0.1) is 13.2 Å². The first kappa shape index (κ1) is 32.1. The Morgan fingerprint density at radius 2 is 1.27 bits per heavy atom. The Hall–Kier alpha value is -3.32. The van der Waals surface area contributed by atoms with Gasteiger partial charge in [-0.1, -0.05) is 60.2 Å². The molecule has 3 aromatic carbocycles. The maximum Gasteiger partial charge on any atom is 0.573 e. The van der Waals surface area contributed by atoms with Crippen molar-refractivity contribution in [2.75, 3.05) is 18.1 Å². The SMILES string of the molecule is Nc1cc(N)c(Cl)c(OCCCc2ccc(C3CCC(/C=C/C4CCC(c5ccc(OC(F)(F)F)cc5)CC4)CC3)cc2)c1. The summed E-state index contributed by atoms with van der Waals surface area (Å²) in [6.45, 7) is 0.543. The zero-order valence-electron chi connectivity index (χ0n) is 25.0. The second-order valence-electron chi connectivity index (χ2n) is 12.3. The number of rotatable bonds is 10. The number of allylic oxidation sites excluding steroid dienone is 2. The molecule has 0 amide bonds. The minimum atomic E-state index is -4.65. The molecular formula is C36H42ClF3N2O2. The minimum absolute atomic E-state index is 0.157.